The molecule has 15 heteroatoms. The fourth-order valence-electron chi connectivity index (χ4n) is 5.45. The first kappa shape index (κ1) is 35.1. The normalized spacial score (nSPS) is 13.2. The third-order valence-electron chi connectivity index (χ3n) is 7.73. The molecular formula is C35H27F4N3O8. The zero-order valence-electron chi connectivity index (χ0n) is 25.9. The molecule has 0 spiro atoms. The van der Waals surface area contributed by atoms with E-state index in [1.54, 1.807) is 6.07 Å². The number of halogens is 4. The lowest BCUT2D eigenvalue weighted by molar-refractivity contribution is 0.0598. The Bertz CT molecular complexity index is 2230. The van der Waals surface area contributed by atoms with Crippen molar-refractivity contribution in [3.8, 4) is 11.5 Å². The number of rotatable bonds is 5. The summed E-state index contributed by atoms with van der Waals surface area (Å²) in [6.45, 7) is -0.564. The molecule has 0 fully saturated rings. The number of aliphatic hydroxyl groups excluding tert-OH is 2. The number of phenolic OH excluding ortho intramolecular Hbond substituents is 2. The van der Waals surface area contributed by atoms with Crippen LogP contribution in [0.4, 0.5) is 17.6 Å². The zero-order chi connectivity index (χ0) is 36.3. The van der Waals surface area contributed by atoms with Crippen molar-refractivity contribution >= 4 is 40.0 Å². The van der Waals surface area contributed by atoms with Crippen molar-refractivity contribution in [1.82, 2.24) is 15.3 Å². The summed E-state index contributed by atoms with van der Waals surface area (Å²) in [4.78, 5) is 39.3. The number of H-pyrrole nitrogens is 2. The third-order valence-corrected chi connectivity index (χ3v) is 7.73. The Morgan fingerprint density at radius 3 is 2.12 bits per heavy atom. The Hall–Kier alpha value is -6.19. The van der Waals surface area contributed by atoms with E-state index in [0.717, 1.165) is 24.3 Å². The first-order valence-electron chi connectivity index (χ1n) is 14.6. The van der Waals surface area contributed by atoms with E-state index >= 15 is 0 Å². The number of esters is 1. The molecule has 1 atom stereocenters. The molecule has 7 N–H and O–H groups in total. The molecule has 6 aromatic rings. The van der Waals surface area contributed by atoms with Crippen LogP contribution < -0.4 is 5.32 Å². The molecule has 258 valence electrons. The maximum absolute atomic E-state index is 13.7. The van der Waals surface area contributed by atoms with E-state index in [1.165, 1.54) is 43.5 Å². The predicted octanol–water partition coefficient (Wildman–Crippen LogP) is 5.41. The van der Waals surface area contributed by atoms with Crippen molar-refractivity contribution in [3.05, 3.63) is 129 Å². The van der Waals surface area contributed by atoms with Gasteiger partial charge in [-0.3, -0.25) is 9.59 Å². The highest BCUT2D eigenvalue weighted by atomic mass is 19.2. The number of aromatic hydroxyl groups is 2. The van der Waals surface area contributed by atoms with Gasteiger partial charge < -0.3 is 40.4 Å². The number of phenols is 2. The first-order valence-corrected chi connectivity index (χ1v) is 14.6. The summed E-state index contributed by atoms with van der Waals surface area (Å²) >= 11 is 0. The molecule has 7 rings (SSSR count). The first-order chi connectivity index (χ1) is 23.9. The van der Waals surface area contributed by atoms with Crippen LogP contribution in [0.25, 0.3) is 21.8 Å². The van der Waals surface area contributed by atoms with Crippen LogP contribution in [0.15, 0.2) is 66.7 Å². The molecule has 3 heterocycles. The molecule has 0 aliphatic carbocycles. The van der Waals surface area contributed by atoms with E-state index < -0.39 is 41.9 Å². The number of aliphatic hydroxyl groups is 2. The Morgan fingerprint density at radius 2 is 1.46 bits per heavy atom. The van der Waals surface area contributed by atoms with Crippen LogP contribution in [-0.2, 0) is 18.0 Å². The number of hydrogen-bond acceptors (Lipinski definition) is 8. The van der Waals surface area contributed by atoms with E-state index in [0.29, 0.717) is 56.2 Å². The molecule has 11 nitrogen and oxygen atoms in total. The number of aromatic amines is 2. The Morgan fingerprint density at radius 1 is 0.820 bits per heavy atom. The van der Waals surface area contributed by atoms with Crippen molar-refractivity contribution in [2.24, 2.45) is 0 Å². The predicted molar refractivity (Wildman–Crippen MR) is 171 cm³/mol. The van der Waals surface area contributed by atoms with Crippen molar-refractivity contribution in [3.63, 3.8) is 0 Å². The fourth-order valence-corrected chi connectivity index (χ4v) is 5.45. The van der Waals surface area contributed by atoms with Crippen LogP contribution in [-0.4, -0.2) is 55.7 Å². The summed E-state index contributed by atoms with van der Waals surface area (Å²) in [7, 11) is 1.23. The number of aromatic nitrogens is 2. The van der Waals surface area contributed by atoms with Gasteiger partial charge in [-0.25, -0.2) is 22.4 Å². The SMILES string of the molecule is COC(=O)c1ccc(O)cc1C=O.O=C1NC(c2c(CO)[nH]c3cc(F)c(F)cc23)c2cc(O)ccc21.OCc1cc2cc(F)c(F)cc2[nH]1. The van der Waals surface area contributed by atoms with Gasteiger partial charge in [0.15, 0.2) is 29.6 Å². The van der Waals surface area contributed by atoms with Gasteiger partial charge in [0.1, 0.15) is 11.5 Å². The molecule has 0 bridgehead atoms. The van der Waals surface area contributed by atoms with E-state index in [2.05, 4.69) is 20.0 Å². The molecule has 1 aliphatic heterocycles. The number of ether oxygens (including phenoxy) is 1. The number of nitrogens with one attached hydrogen (secondary N) is 3. The van der Waals surface area contributed by atoms with E-state index in [9.17, 15) is 42.2 Å². The summed E-state index contributed by atoms with van der Waals surface area (Å²) in [5, 5.41) is 40.8. The molecule has 1 aliphatic rings. The number of hydrogen-bond donors (Lipinski definition) is 7. The number of carbonyl (C=O) groups is 3. The van der Waals surface area contributed by atoms with Crippen molar-refractivity contribution < 1.29 is 57.1 Å². The Labute approximate surface area is 279 Å². The van der Waals surface area contributed by atoms with Crippen molar-refractivity contribution in [2.45, 2.75) is 19.3 Å². The van der Waals surface area contributed by atoms with Gasteiger partial charge >= 0.3 is 5.97 Å². The van der Waals surface area contributed by atoms with Crippen LogP contribution in [0.1, 0.15) is 59.6 Å². The summed E-state index contributed by atoms with van der Waals surface area (Å²) in [6.07, 6.45) is 0.492. The molecular weight excluding hydrogens is 666 g/mol. The maximum atomic E-state index is 13.7. The van der Waals surface area contributed by atoms with E-state index in [1.807, 2.05) is 0 Å². The summed E-state index contributed by atoms with van der Waals surface area (Å²) in [5.41, 5.74) is 3.31. The quantitative estimate of drug-likeness (QED) is 0.0710. The van der Waals surface area contributed by atoms with E-state index in [-0.39, 0.29) is 35.1 Å². The molecule has 1 amide bonds. The minimum absolute atomic E-state index is 0.0159. The Kier molecular flexibility index (Phi) is 10.2. The van der Waals surface area contributed by atoms with Gasteiger partial charge in [-0.1, -0.05) is 0 Å². The van der Waals surface area contributed by atoms with Gasteiger partial charge in [-0.2, -0.15) is 0 Å². The molecule has 50 heavy (non-hydrogen) atoms. The lowest BCUT2D eigenvalue weighted by atomic mass is 9.95. The number of carbonyl (C=O) groups excluding carboxylic acids is 3. The molecule has 0 saturated carbocycles. The van der Waals surface area contributed by atoms with Crippen LogP contribution in [0.3, 0.4) is 0 Å². The van der Waals surface area contributed by atoms with Crippen molar-refractivity contribution in [1.29, 1.82) is 0 Å². The summed E-state index contributed by atoms with van der Waals surface area (Å²) < 4.78 is 57.0. The molecule has 1 unspecified atom stereocenters. The van der Waals surface area contributed by atoms with Crippen LogP contribution >= 0.6 is 0 Å². The van der Waals surface area contributed by atoms with Gasteiger partial charge in [0.2, 0.25) is 0 Å². The van der Waals surface area contributed by atoms with Crippen LogP contribution in [0, 0.1) is 23.3 Å². The monoisotopic (exact) mass is 693 g/mol. The second kappa shape index (κ2) is 14.5. The average molecular weight is 694 g/mol. The number of amides is 1. The smallest absolute Gasteiger partial charge is 0.338 e. The maximum Gasteiger partial charge on any atom is 0.338 e. The summed E-state index contributed by atoms with van der Waals surface area (Å²) in [6, 6.07) is 13.3. The van der Waals surface area contributed by atoms with Gasteiger partial charge in [0.25, 0.3) is 5.91 Å². The third kappa shape index (κ3) is 6.99. The minimum atomic E-state index is -1.02. The van der Waals surface area contributed by atoms with Gasteiger partial charge in [0.05, 0.1) is 31.9 Å². The largest absolute Gasteiger partial charge is 0.508 e. The number of benzene rings is 4. The standard InChI is InChI=1S/C17H12F2N2O3.C9H7F2NO.C9H8O4/c18-11-4-10-13(5-12(11)19)20-14(6-22)15(10)16-9-3-7(23)1-2-8(9)17(24)21-16;10-7-2-5-1-6(4-13)12-9(5)3-8(7)11;1-13-9(12)8-3-2-7(11)4-6(8)5-10/h1-5,16,20,22-23H,6H2,(H,21,24);1-3,12-13H,4H2;2-5,11H,1H3. The topological polar surface area (TPSA) is 185 Å². The van der Waals surface area contributed by atoms with Crippen LogP contribution in [0.5, 0.6) is 11.5 Å². The lowest BCUT2D eigenvalue weighted by Crippen LogP contribution is -2.20. The Balaban J connectivity index is 0.000000159. The van der Waals surface area contributed by atoms with Gasteiger partial charge in [-0.05, 0) is 60.2 Å². The molecule has 4 aromatic carbocycles. The zero-order valence-corrected chi connectivity index (χ0v) is 25.9. The minimum Gasteiger partial charge on any atom is -0.508 e. The highest BCUT2D eigenvalue weighted by Crippen LogP contribution is 2.39. The highest BCUT2D eigenvalue weighted by Gasteiger charge is 2.33. The number of methoxy groups -OCH3 is 1. The van der Waals surface area contributed by atoms with E-state index in [4.69, 9.17) is 10.2 Å². The average Bonchev–Trinajstić information content (AvgIpc) is 3.77. The molecule has 0 saturated heterocycles. The van der Waals surface area contributed by atoms with Gasteiger partial charge in [0, 0.05) is 62.0 Å². The highest BCUT2D eigenvalue weighted by molar-refractivity contribution is 6.01. The number of fused-ring (bicyclic) bond motifs is 3. The fraction of sp³-hybridized carbons (Fsp3) is 0.114. The van der Waals surface area contributed by atoms with Crippen LogP contribution in [0.2, 0.25) is 0 Å². The second-order valence-corrected chi connectivity index (χ2v) is 10.9. The summed E-state index contributed by atoms with van der Waals surface area (Å²) in [5.74, 6) is -4.80. The second-order valence-electron chi connectivity index (χ2n) is 10.9. The van der Waals surface area contributed by atoms with Gasteiger partial charge in [-0.15, -0.1) is 0 Å². The molecule has 2 aromatic heterocycles. The van der Waals surface area contributed by atoms with Crippen molar-refractivity contribution in [2.75, 3.05) is 7.11 Å². The lowest BCUT2D eigenvalue weighted by Gasteiger charge is -2.13. The number of aldehydes is 1. The molecule has 0 radical (unpaired) electrons.